The first-order valence-electron chi connectivity index (χ1n) is 6.09. The molecule has 0 aromatic carbocycles. The van der Waals surface area contributed by atoms with Crippen molar-refractivity contribution in [2.45, 2.75) is 39.7 Å². The molecule has 1 aliphatic heterocycles. The van der Waals surface area contributed by atoms with Crippen molar-refractivity contribution in [1.29, 1.82) is 0 Å². The van der Waals surface area contributed by atoms with Crippen LogP contribution in [-0.2, 0) is 4.74 Å². The summed E-state index contributed by atoms with van der Waals surface area (Å²) in [6, 6.07) is 0. The van der Waals surface area contributed by atoms with Crippen LogP contribution in [0.3, 0.4) is 0 Å². The molecule has 1 unspecified atom stereocenters. The Labute approximate surface area is 98.3 Å². The lowest BCUT2D eigenvalue weighted by molar-refractivity contribution is 0.148. The largest absolute Gasteiger partial charge is 0.450 e. The highest BCUT2D eigenvalue weighted by Gasteiger charge is 2.30. The average molecular weight is 228 g/mol. The van der Waals surface area contributed by atoms with Crippen molar-refractivity contribution in [3.8, 4) is 0 Å². The fourth-order valence-corrected chi connectivity index (χ4v) is 2.02. The number of nitrogens with zero attached hydrogens (tertiary/aromatic N) is 1. The second-order valence-corrected chi connectivity index (χ2v) is 5.37. The predicted octanol–water partition coefficient (Wildman–Crippen LogP) is 1.85. The predicted molar refractivity (Wildman–Crippen MR) is 64.5 cm³/mol. The van der Waals surface area contributed by atoms with Gasteiger partial charge in [-0.3, -0.25) is 4.90 Å². The minimum atomic E-state index is -0.295. The van der Waals surface area contributed by atoms with Gasteiger partial charge < -0.3 is 10.1 Å². The van der Waals surface area contributed by atoms with E-state index in [9.17, 15) is 4.79 Å². The fourth-order valence-electron chi connectivity index (χ4n) is 2.02. The van der Waals surface area contributed by atoms with E-state index in [0.717, 1.165) is 26.1 Å². The van der Waals surface area contributed by atoms with Gasteiger partial charge in [0.1, 0.15) is 0 Å². The molecular formula is C12H24N2O2. The average Bonchev–Trinajstić information content (AvgIpc) is 2.63. The number of ether oxygens (including phenoxy) is 1. The van der Waals surface area contributed by atoms with E-state index in [0.29, 0.717) is 12.5 Å². The maximum atomic E-state index is 11.1. The molecule has 1 amide bonds. The molecule has 16 heavy (non-hydrogen) atoms. The van der Waals surface area contributed by atoms with E-state index in [4.69, 9.17) is 4.74 Å². The van der Waals surface area contributed by atoms with E-state index in [1.54, 1.807) is 0 Å². The maximum absolute atomic E-state index is 11.1. The Morgan fingerprint density at radius 1 is 1.50 bits per heavy atom. The summed E-state index contributed by atoms with van der Waals surface area (Å²) in [7, 11) is 0. The number of carbonyl (C=O) groups excluding carboxylic acids is 1. The lowest BCUT2D eigenvalue weighted by Gasteiger charge is -2.31. The van der Waals surface area contributed by atoms with Gasteiger partial charge in [-0.25, -0.2) is 4.79 Å². The number of likely N-dealkylation sites (tertiary alicyclic amines) is 1. The van der Waals surface area contributed by atoms with Gasteiger partial charge in [-0.2, -0.15) is 0 Å². The van der Waals surface area contributed by atoms with Crippen LogP contribution in [0.25, 0.3) is 0 Å². The summed E-state index contributed by atoms with van der Waals surface area (Å²) in [5, 5.41) is 2.81. The van der Waals surface area contributed by atoms with Gasteiger partial charge in [0.25, 0.3) is 0 Å². The van der Waals surface area contributed by atoms with Crippen LogP contribution in [0.4, 0.5) is 4.79 Å². The molecule has 1 saturated heterocycles. The molecule has 4 nitrogen and oxygen atoms in total. The molecule has 0 aliphatic carbocycles. The zero-order valence-electron chi connectivity index (χ0n) is 10.9. The van der Waals surface area contributed by atoms with Crippen molar-refractivity contribution in [1.82, 2.24) is 10.2 Å². The maximum Gasteiger partial charge on any atom is 0.407 e. The first-order valence-corrected chi connectivity index (χ1v) is 6.09. The van der Waals surface area contributed by atoms with Crippen LogP contribution in [-0.4, -0.2) is 42.8 Å². The molecule has 1 rings (SSSR count). The normalized spacial score (nSPS) is 22.1. The van der Waals surface area contributed by atoms with Crippen LogP contribution < -0.4 is 5.32 Å². The smallest absolute Gasteiger partial charge is 0.407 e. The SMILES string of the molecule is CCOC(=O)NCC1CCN(C(C)(C)C)C1. The van der Waals surface area contributed by atoms with Gasteiger partial charge in [0.2, 0.25) is 0 Å². The van der Waals surface area contributed by atoms with Gasteiger partial charge in [-0.15, -0.1) is 0 Å². The molecule has 0 spiro atoms. The number of carbonyl (C=O) groups is 1. The van der Waals surface area contributed by atoms with Gasteiger partial charge in [0, 0.05) is 18.6 Å². The molecule has 0 saturated carbocycles. The van der Waals surface area contributed by atoms with Crippen LogP contribution in [0.5, 0.6) is 0 Å². The molecule has 0 aromatic rings. The number of hydrogen-bond acceptors (Lipinski definition) is 3. The van der Waals surface area contributed by atoms with Gasteiger partial charge in [0.15, 0.2) is 0 Å². The number of rotatable bonds is 3. The monoisotopic (exact) mass is 228 g/mol. The van der Waals surface area contributed by atoms with Crippen LogP contribution >= 0.6 is 0 Å². The number of amides is 1. The first kappa shape index (κ1) is 13.3. The Bertz CT molecular complexity index is 236. The lowest BCUT2D eigenvalue weighted by Crippen LogP contribution is -2.40. The first-order chi connectivity index (χ1) is 7.43. The molecule has 1 fully saturated rings. The third-order valence-corrected chi connectivity index (χ3v) is 3.05. The molecule has 1 N–H and O–H groups in total. The minimum Gasteiger partial charge on any atom is -0.450 e. The number of alkyl carbamates (subject to hydrolysis) is 1. The number of nitrogens with one attached hydrogen (secondary N) is 1. The third-order valence-electron chi connectivity index (χ3n) is 3.05. The van der Waals surface area contributed by atoms with Crippen LogP contribution in [0, 0.1) is 5.92 Å². The lowest BCUT2D eigenvalue weighted by atomic mass is 10.1. The zero-order valence-corrected chi connectivity index (χ0v) is 10.9. The quantitative estimate of drug-likeness (QED) is 0.801. The van der Waals surface area contributed by atoms with E-state index in [2.05, 4.69) is 31.0 Å². The second-order valence-electron chi connectivity index (χ2n) is 5.37. The standard InChI is InChI=1S/C12H24N2O2/c1-5-16-11(15)13-8-10-6-7-14(9-10)12(2,3)4/h10H,5-9H2,1-4H3,(H,13,15). The highest BCUT2D eigenvalue weighted by Crippen LogP contribution is 2.23. The Morgan fingerprint density at radius 2 is 2.19 bits per heavy atom. The summed E-state index contributed by atoms with van der Waals surface area (Å²) in [6.45, 7) is 11.9. The van der Waals surface area contributed by atoms with Crippen molar-refractivity contribution in [2.75, 3.05) is 26.2 Å². The second kappa shape index (κ2) is 5.53. The molecule has 1 aliphatic rings. The van der Waals surface area contributed by atoms with Crippen molar-refractivity contribution in [3.63, 3.8) is 0 Å². The molecule has 4 heteroatoms. The Kier molecular flexibility index (Phi) is 4.59. The highest BCUT2D eigenvalue weighted by molar-refractivity contribution is 5.67. The Hall–Kier alpha value is -0.770. The van der Waals surface area contributed by atoms with Crippen molar-refractivity contribution >= 4 is 6.09 Å². The number of hydrogen-bond donors (Lipinski definition) is 1. The molecule has 1 atom stereocenters. The topological polar surface area (TPSA) is 41.6 Å². The van der Waals surface area contributed by atoms with E-state index >= 15 is 0 Å². The summed E-state index contributed by atoms with van der Waals surface area (Å²) in [4.78, 5) is 13.6. The minimum absolute atomic E-state index is 0.235. The van der Waals surface area contributed by atoms with Crippen LogP contribution in [0.1, 0.15) is 34.1 Å². The fraction of sp³-hybridized carbons (Fsp3) is 0.917. The van der Waals surface area contributed by atoms with Crippen LogP contribution in [0.15, 0.2) is 0 Å². The van der Waals surface area contributed by atoms with Crippen molar-refractivity contribution in [2.24, 2.45) is 5.92 Å². The Balaban J connectivity index is 2.24. The Morgan fingerprint density at radius 3 is 2.69 bits per heavy atom. The molecule has 1 heterocycles. The molecule has 0 bridgehead atoms. The van der Waals surface area contributed by atoms with E-state index in [-0.39, 0.29) is 11.6 Å². The summed E-state index contributed by atoms with van der Waals surface area (Å²) in [5.74, 6) is 0.559. The van der Waals surface area contributed by atoms with Gasteiger partial charge in [-0.1, -0.05) is 0 Å². The molecule has 94 valence electrons. The van der Waals surface area contributed by atoms with Crippen molar-refractivity contribution in [3.05, 3.63) is 0 Å². The van der Waals surface area contributed by atoms with E-state index < -0.39 is 0 Å². The highest BCUT2D eigenvalue weighted by atomic mass is 16.5. The summed E-state index contributed by atoms with van der Waals surface area (Å²) in [6.07, 6.45) is 0.862. The summed E-state index contributed by atoms with van der Waals surface area (Å²) >= 11 is 0. The zero-order chi connectivity index (χ0) is 12.2. The third kappa shape index (κ3) is 4.00. The molecule has 0 aromatic heterocycles. The van der Waals surface area contributed by atoms with E-state index in [1.807, 2.05) is 6.92 Å². The summed E-state index contributed by atoms with van der Waals surface area (Å²) < 4.78 is 4.83. The molecular weight excluding hydrogens is 204 g/mol. The van der Waals surface area contributed by atoms with E-state index in [1.165, 1.54) is 0 Å². The van der Waals surface area contributed by atoms with Gasteiger partial charge in [0.05, 0.1) is 6.61 Å². The van der Waals surface area contributed by atoms with Gasteiger partial charge in [-0.05, 0) is 46.6 Å². The summed E-state index contributed by atoms with van der Waals surface area (Å²) in [5.41, 5.74) is 0.235. The van der Waals surface area contributed by atoms with Crippen LogP contribution in [0.2, 0.25) is 0 Å². The van der Waals surface area contributed by atoms with Gasteiger partial charge >= 0.3 is 6.09 Å². The molecule has 0 radical (unpaired) electrons. The van der Waals surface area contributed by atoms with Crippen molar-refractivity contribution < 1.29 is 9.53 Å².